The van der Waals surface area contributed by atoms with E-state index < -0.39 is 34.9 Å². The minimum Gasteiger partial charge on any atom is -0.748 e. The van der Waals surface area contributed by atoms with E-state index in [1.807, 2.05) is 0 Å². The van der Waals surface area contributed by atoms with Gasteiger partial charge in [-0.2, -0.15) is 13.2 Å². The average molecular weight is 321 g/mol. The zero-order chi connectivity index (χ0) is 16.4. The molecule has 0 heterocycles. The molecule has 124 valence electrons. The second-order valence-electron chi connectivity index (χ2n) is 4.59. The normalized spacial score (nSPS) is 12.8. The van der Waals surface area contributed by atoms with Crippen molar-refractivity contribution in [2.75, 3.05) is 31.9 Å². The molecule has 0 spiro atoms. The molecule has 0 aliphatic heterocycles. The Morgan fingerprint density at radius 2 is 1.30 bits per heavy atom. The summed E-state index contributed by atoms with van der Waals surface area (Å²) in [6, 6.07) is 0. The number of hydrogen-bond acceptors (Lipinski definition) is 3. The van der Waals surface area contributed by atoms with Crippen molar-refractivity contribution in [2.24, 2.45) is 0 Å². The van der Waals surface area contributed by atoms with E-state index >= 15 is 0 Å². The summed E-state index contributed by atoms with van der Waals surface area (Å²) in [6.07, 6.45) is -6.27. The first-order chi connectivity index (χ1) is 8.95. The Kier molecular flexibility index (Phi) is 10.5. The van der Waals surface area contributed by atoms with E-state index in [1.165, 1.54) is 30.7 Å². The van der Waals surface area contributed by atoms with Gasteiger partial charge >= 0.3 is 6.18 Å². The van der Waals surface area contributed by atoms with Gasteiger partial charge in [0, 0.05) is 12.2 Å². The van der Waals surface area contributed by atoms with Crippen LogP contribution in [0.2, 0.25) is 0 Å². The Balaban J connectivity index is 0. The fourth-order valence-electron chi connectivity index (χ4n) is 1.79. The largest absolute Gasteiger partial charge is 0.748 e. The van der Waals surface area contributed by atoms with Crippen LogP contribution >= 0.6 is 0 Å². The first-order valence-electron chi connectivity index (χ1n) is 6.80. The molecule has 0 aromatic heterocycles. The third-order valence-corrected chi connectivity index (χ3v) is 4.33. The molecular weight excluding hydrogens is 295 g/mol. The maximum atomic E-state index is 11.3. The Bertz CT molecular complexity index is 321. The zero-order valence-electron chi connectivity index (χ0n) is 12.7. The van der Waals surface area contributed by atoms with E-state index in [2.05, 4.69) is 27.7 Å². The van der Waals surface area contributed by atoms with Gasteiger partial charge < -0.3 is 9.04 Å². The zero-order valence-corrected chi connectivity index (χ0v) is 13.5. The predicted molar refractivity (Wildman–Crippen MR) is 72.3 cm³/mol. The second kappa shape index (κ2) is 9.57. The van der Waals surface area contributed by atoms with Gasteiger partial charge in [0.15, 0.2) is 0 Å². The Labute approximate surface area is 120 Å². The summed E-state index contributed by atoms with van der Waals surface area (Å²) in [5, 5.41) is 0. The Hall–Kier alpha value is -0.340. The van der Waals surface area contributed by atoms with Crippen molar-refractivity contribution >= 4 is 10.1 Å². The third-order valence-electron chi connectivity index (χ3n) is 3.54. The first kappa shape index (κ1) is 21.9. The van der Waals surface area contributed by atoms with E-state index in [0.717, 1.165) is 0 Å². The molecule has 0 amide bonds. The minimum absolute atomic E-state index is 0.657. The molecule has 20 heavy (non-hydrogen) atoms. The highest BCUT2D eigenvalue weighted by molar-refractivity contribution is 7.85. The molecule has 8 heteroatoms. The van der Waals surface area contributed by atoms with Crippen LogP contribution in [0.15, 0.2) is 0 Å². The lowest BCUT2D eigenvalue weighted by molar-refractivity contribution is -0.921. The molecule has 0 saturated heterocycles. The molecule has 0 radical (unpaired) electrons. The number of hydrogen-bond donors (Lipinski definition) is 0. The molecule has 0 unspecified atom stereocenters. The Morgan fingerprint density at radius 3 is 1.45 bits per heavy atom. The summed E-state index contributed by atoms with van der Waals surface area (Å²) in [4.78, 5) is 0. The van der Waals surface area contributed by atoms with Crippen molar-refractivity contribution in [1.29, 1.82) is 0 Å². The molecule has 0 aromatic carbocycles. The Morgan fingerprint density at radius 1 is 0.950 bits per heavy atom. The molecule has 0 saturated carbocycles. The maximum Gasteiger partial charge on any atom is 0.389 e. The molecule has 0 rings (SSSR count). The highest BCUT2D eigenvalue weighted by Gasteiger charge is 2.26. The van der Waals surface area contributed by atoms with Crippen LogP contribution in [-0.2, 0) is 10.1 Å². The maximum absolute atomic E-state index is 11.3. The molecular formula is C12H26F3NO3S. The standard InChI is InChI=1S/C8H20N.C4H7F3O3S/c1-5-9(6-2,7-3)8-4;5-4(6,7)2-1-3-11(8,9)10/h5-8H2,1-4H3;1-3H2,(H,8,9,10)/q+1;/p-1. The fraction of sp³-hybridized carbons (Fsp3) is 1.00. The van der Waals surface area contributed by atoms with Crippen molar-refractivity contribution in [3.05, 3.63) is 0 Å². The lowest BCUT2D eigenvalue weighted by Gasteiger charge is -2.34. The lowest BCUT2D eigenvalue weighted by atomic mass is 10.3. The van der Waals surface area contributed by atoms with Crippen LogP contribution in [0.25, 0.3) is 0 Å². The van der Waals surface area contributed by atoms with Crippen LogP contribution < -0.4 is 0 Å². The predicted octanol–water partition coefficient (Wildman–Crippen LogP) is 2.76. The highest BCUT2D eigenvalue weighted by atomic mass is 32.2. The van der Waals surface area contributed by atoms with Gasteiger partial charge in [0.1, 0.15) is 0 Å². The molecule has 0 aromatic rings. The lowest BCUT2D eigenvalue weighted by Crippen LogP contribution is -2.47. The van der Waals surface area contributed by atoms with Gasteiger partial charge in [-0.05, 0) is 34.1 Å². The molecule has 0 aliphatic rings. The van der Waals surface area contributed by atoms with Crippen LogP contribution in [0.3, 0.4) is 0 Å². The fourth-order valence-corrected chi connectivity index (χ4v) is 2.29. The van der Waals surface area contributed by atoms with Gasteiger partial charge in [-0.3, -0.25) is 0 Å². The number of quaternary nitrogens is 1. The summed E-state index contributed by atoms with van der Waals surface area (Å²) < 4.78 is 64.7. The van der Waals surface area contributed by atoms with Gasteiger partial charge in [-0.25, -0.2) is 8.42 Å². The number of halogens is 3. The SMILES string of the molecule is CC[N+](CC)(CC)CC.O=S(=O)([O-])CCCC(F)(F)F. The number of alkyl halides is 3. The van der Waals surface area contributed by atoms with Crippen LogP contribution in [-0.4, -0.2) is 55.6 Å². The topological polar surface area (TPSA) is 57.2 Å². The summed E-state index contributed by atoms with van der Waals surface area (Å²) in [7, 11) is -4.50. The van der Waals surface area contributed by atoms with Gasteiger partial charge in [-0.15, -0.1) is 0 Å². The van der Waals surface area contributed by atoms with Gasteiger partial charge in [0.05, 0.1) is 36.3 Å². The van der Waals surface area contributed by atoms with Crippen LogP contribution in [0.1, 0.15) is 40.5 Å². The van der Waals surface area contributed by atoms with Crippen LogP contribution in [0, 0.1) is 0 Å². The minimum atomic E-state index is -4.50. The van der Waals surface area contributed by atoms with Gasteiger partial charge in [0.25, 0.3) is 0 Å². The van der Waals surface area contributed by atoms with E-state index in [-0.39, 0.29) is 0 Å². The van der Waals surface area contributed by atoms with E-state index in [1.54, 1.807) is 0 Å². The molecule has 0 N–H and O–H groups in total. The first-order valence-corrected chi connectivity index (χ1v) is 8.38. The summed E-state index contributed by atoms with van der Waals surface area (Å²) in [6.45, 7) is 14.2. The van der Waals surface area contributed by atoms with Crippen LogP contribution in [0.5, 0.6) is 0 Å². The number of nitrogens with zero attached hydrogens (tertiary/aromatic N) is 1. The van der Waals surface area contributed by atoms with E-state index in [0.29, 0.717) is 0 Å². The number of rotatable bonds is 7. The third kappa shape index (κ3) is 12.7. The van der Waals surface area contributed by atoms with Crippen molar-refractivity contribution in [1.82, 2.24) is 0 Å². The second-order valence-corrected chi connectivity index (χ2v) is 6.11. The van der Waals surface area contributed by atoms with Gasteiger partial charge in [-0.1, -0.05) is 0 Å². The average Bonchev–Trinajstić information content (AvgIpc) is 2.30. The summed E-state index contributed by atoms with van der Waals surface area (Å²) >= 11 is 0. The van der Waals surface area contributed by atoms with Crippen molar-refractivity contribution in [2.45, 2.75) is 46.7 Å². The molecule has 0 fully saturated rings. The molecule has 0 bridgehead atoms. The molecule has 0 aliphatic carbocycles. The summed E-state index contributed by atoms with van der Waals surface area (Å²) in [5.41, 5.74) is 0. The van der Waals surface area contributed by atoms with Crippen molar-refractivity contribution < 1.29 is 30.6 Å². The van der Waals surface area contributed by atoms with Crippen molar-refractivity contribution in [3.8, 4) is 0 Å². The summed E-state index contributed by atoms with van der Waals surface area (Å²) in [5.74, 6) is -0.952. The molecule has 4 nitrogen and oxygen atoms in total. The highest BCUT2D eigenvalue weighted by Crippen LogP contribution is 2.21. The monoisotopic (exact) mass is 321 g/mol. The van der Waals surface area contributed by atoms with E-state index in [4.69, 9.17) is 0 Å². The quantitative estimate of drug-likeness (QED) is 0.535. The van der Waals surface area contributed by atoms with E-state index in [9.17, 15) is 26.1 Å². The smallest absolute Gasteiger partial charge is 0.389 e. The van der Waals surface area contributed by atoms with Gasteiger partial charge in [0.2, 0.25) is 0 Å². The van der Waals surface area contributed by atoms with Crippen molar-refractivity contribution in [3.63, 3.8) is 0 Å². The van der Waals surface area contributed by atoms with Crippen LogP contribution in [0.4, 0.5) is 13.2 Å². The molecule has 0 atom stereocenters.